The molecule has 1 aliphatic rings. The Bertz CT molecular complexity index is 846. The van der Waals surface area contributed by atoms with Crippen molar-refractivity contribution >= 4 is 23.2 Å². The summed E-state index contributed by atoms with van der Waals surface area (Å²) in [6.07, 6.45) is 1.81. The van der Waals surface area contributed by atoms with Crippen LogP contribution in [0.4, 0.5) is 0 Å². The normalized spacial score (nSPS) is 14.5. The summed E-state index contributed by atoms with van der Waals surface area (Å²) in [6.45, 7) is 1.55. The van der Waals surface area contributed by atoms with Crippen LogP contribution in [0.3, 0.4) is 0 Å². The van der Waals surface area contributed by atoms with Gasteiger partial charge in [-0.05, 0) is 38.0 Å². The summed E-state index contributed by atoms with van der Waals surface area (Å²) in [6, 6.07) is 4.74. The third-order valence-electron chi connectivity index (χ3n) is 4.52. The zero-order valence-corrected chi connectivity index (χ0v) is 16.3. The molecule has 27 heavy (non-hydrogen) atoms. The maximum Gasteiger partial charge on any atom is 0.326 e. The predicted octanol–water partition coefficient (Wildman–Crippen LogP) is 2.83. The first-order valence-corrected chi connectivity index (χ1v) is 9.53. The fraction of sp³-hybridized carbons (Fsp3) is 0.421. The van der Waals surface area contributed by atoms with E-state index in [9.17, 15) is 14.7 Å². The highest BCUT2D eigenvalue weighted by Gasteiger charge is 2.38. The number of benzene rings is 1. The van der Waals surface area contributed by atoms with Gasteiger partial charge in [-0.1, -0.05) is 0 Å². The molecule has 1 saturated carbocycles. The minimum absolute atomic E-state index is 0.0348. The van der Waals surface area contributed by atoms with Gasteiger partial charge in [0.15, 0.2) is 11.5 Å². The number of methoxy groups -OCH3 is 2. The van der Waals surface area contributed by atoms with Crippen molar-refractivity contribution in [3.8, 4) is 22.1 Å². The summed E-state index contributed by atoms with van der Waals surface area (Å²) in [7, 11) is 3.15. The van der Waals surface area contributed by atoms with Crippen LogP contribution in [0.1, 0.15) is 25.5 Å². The fourth-order valence-electron chi connectivity index (χ4n) is 2.94. The Morgan fingerprint density at radius 1 is 1.30 bits per heavy atom. The Morgan fingerprint density at radius 3 is 2.59 bits per heavy atom. The standard InChI is InChI=1S/C19H22N2O5S/c1-11(19(23)24)21(14-5-6-14)17(22)9-13-10-27-18(20-13)12-4-7-15(25-2)16(8-12)26-3/h4,7-8,10-11,14H,5-6,9H2,1-3H3,(H,23,24). The Morgan fingerprint density at radius 2 is 2.00 bits per heavy atom. The summed E-state index contributed by atoms with van der Waals surface area (Å²) in [4.78, 5) is 30.0. The zero-order valence-electron chi connectivity index (χ0n) is 15.5. The molecule has 1 aromatic heterocycles. The van der Waals surface area contributed by atoms with Crippen molar-refractivity contribution in [2.24, 2.45) is 0 Å². The Hall–Kier alpha value is -2.61. The van der Waals surface area contributed by atoms with Crippen molar-refractivity contribution in [2.75, 3.05) is 14.2 Å². The summed E-state index contributed by atoms with van der Waals surface area (Å²) in [5.41, 5.74) is 1.51. The van der Waals surface area contributed by atoms with Crippen molar-refractivity contribution in [1.29, 1.82) is 0 Å². The number of thiazole rings is 1. The molecule has 1 atom stereocenters. The molecule has 8 heteroatoms. The van der Waals surface area contributed by atoms with E-state index in [-0.39, 0.29) is 18.4 Å². The highest BCUT2D eigenvalue weighted by Crippen LogP contribution is 2.34. The van der Waals surface area contributed by atoms with Crippen LogP contribution >= 0.6 is 11.3 Å². The number of amides is 1. The molecule has 0 radical (unpaired) electrons. The third-order valence-corrected chi connectivity index (χ3v) is 5.46. The Balaban J connectivity index is 1.76. The number of aliphatic carboxylic acids is 1. The molecule has 3 rings (SSSR count). The number of hydrogen-bond acceptors (Lipinski definition) is 6. The number of ether oxygens (including phenoxy) is 2. The van der Waals surface area contributed by atoms with E-state index in [1.54, 1.807) is 21.1 Å². The average Bonchev–Trinajstić information content (AvgIpc) is 3.38. The second-order valence-electron chi connectivity index (χ2n) is 6.44. The van der Waals surface area contributed by atoms with E-state index in [0.29, 0.717) is 17.2 Å². The van der Waals surface area contributed by atoms with E-state index in [0.717, 1.165) is 23.4 Å². The van der Waals surface area contributed by atoms with Crippen LogP contribution in [0.5, 0.6) is 11.5 Å². The van der Waals surface area contributed by atoms with Crippen molar-refractivity contribution < 1.29 is 24.2 Å². The monoisotopic (exact) mass is 390 g/mol. The summed E-state index contributed by atoms with van der Waals surface area (Å²) in [5.74, 6) is 0.0602. The van der Waals surface area contributed by atoms with Gasteiger partial charge in [0.2, 0.25) is 5.91 Å². The van der Waals surface area contributed by atoms with E-state index in [1.165, 1.54) is 16.2 Å². The molecule has 144 valence electrons. The van der Waals surface area contributed by atoms with Crippen molar-refractivity contribution in [3.05, 3.63) is 29.3 Å². The van der Waals surface area contributed by atoms with E-state index in [2.05, 4.69) is 4.98 Å². The number of nitrogens with zero attached hydrogens (tertiary/aromatic N) is 2. The molecule has 1 aliphatic carbocycles. The Labute approximate surface area is 161 Å². The molecular formula is C19H22N2O5S. The largest absolute Gasteiger partial charge is 0.493 e. The van der Waals surface area contributed by atoms with Crippen molar-refractivity contribution in [1.82, 2.24) is 9.88 Å². The van der Waals surface area contributed by atoms with Crippen LogP contribution in [0.2, 0.25) is 0 Å². The molecule has 1 fully saturated rings. The second-order valence-corrected chi connectivity index (χ2v) is 7.30. The lowest BCUT2D eigenvalue weighted by molar-refractivity contribution is -0.149. The lowest BCUT2D eigenvalue weighted by Crippen LogP contribution is -2.45. The van der Waals surface area contributed by atoms with Crippen molar-refractivity contribution in [3.63, 3.8) is 0 Å². The van der Waals surface area contributed by atoms with Crippen LogP contribution in [-0.4, -0.2) is 53.2 Å². The highest BCUT2D eigenvalue weighted by molar-refractivity contribution is 7.13. The maximum absolute atomic E-state index is 12.7. The number of carbonyl (C=O) groups excluding carboxylic acids is 1. The maximum atomic E-state index is 12.7. The third kappa shape index (κ3) is 4.21. The smallest absolute Gasteiger partial charge is 0.326 e. The van der Waals surface area contributed by atoms with E-state index in [1.807, 2.05) is 23.6 Å². The number of aromatic nitrogens is 1. The van der Waals surface area contributed by atoms with Gasteiger partial charge in [-0.3, -0.25) is 4.79 Å². The molecule has 1 N–H and O–H groups in total. The van der Waals surface area contributed by atoms with Gasteiger partial charge in [-0.15, -0.1) is 11.3 Å². The Kier molecular flexibility index (Phi) is 5.65. The van der Waals surface area contributed by atoms with Crippen LogP contribution in [0.25, 0.3) is 10.6 Å². The van der Waals surface area contributed by atoms with Gasteiger partial charge in [0.25, 0.3) is 0 Å². The van der Waals surface area contributed by atoms with E-state index in [4.69, 9.17) is 9.47 Å². The van der Waals surface area contributed by atoms with Gasteiger partial charge in [-0.25, -0.2) is 9.78 Å². The van der Waals surface area contributed by atoms with Gasteiger partial charge >= 0.3 is 5.97 Å². The SMILES string of the molecule is COc1ccc(-c2nc(CC(=O)N(C3CC3)C(C)C(=O)O)cs2)cc1OC. The van der Waals surface area contributed by atoms with Crippen LogP contribution < -0.4 is 9.47 Å². The quantitative estimate of drug-likeness (QED) is 0.746. The molecule has 1 aromatic carbocycles. The molecule has 1 amide bonds. The first-order valence-electron chi connectivity index (χ1n) is 8.65. The summed E-state index contributed by atoms with van der Waals surface area (Å²) in [5, 5.41) is 11.9. The first-order chi connectivity index (χ1) is 12.9. The van der Waals surface area contributed by atoms with Gasteiger partial charge in [0.1, 0.15) is 11.0 Å². The van der Waals surface area contributed by atoms with E-state index < -0.39 is 12.0 Å². The number of rotatable bonds is 8. The van der Waals surface area contributed by atoms with Crippen LogP contribution in [0, 0.1) is 0 Å². The van der Waals surface area contributed by atoms with Gasteiger partial charge in [-0.2, -0.15) is 0 Å². The predicted molar refractivity (Wildman–Crippen MR) is 101 cm³/mol. The number of hydrogen-bond donors (Lipinski definition) is 1. The lowest BCUT2D eigenvalue weighted by Gasteiger charge is -2.26. The molecule has 0 bridgehead atoms. The van der Waals surface area contributed by atoms with Crippen LogP contribution in [-0.2, 0) is 16.0 Å². The van der Waals surface area contributed by atoms with E-state index >= 15 is 0 Å². The van der Waals surface area contributed by atoms with Crippen LogP contribution in [0.15, 0.2) is 23.6 Å². The minimum atomic E-state index is -0.987. The number of carboxylic acid groups (broad SMARTS) is 1. The second kappa shape index (κ2) is 7.96. The molecule has 2 aromatic rings. The molecule has 1 heterocycles. The summed E-state index contributed by atoms with van der Waals surface area (Å²) >= 11 is 1.43. The van der Waals surface area contributed by atoms with Gasteiger partial charge in [0.05, 0.1) is 26.3 Å². The number of carbonyl (C=O) groups is 2. The zero-order chi connectivity index (χ0) is 19.6. The minimum Gasteiger partial charge on any atom is -0.493 e. The summed E-state index contributed by atoms with van der Waals surface area (Å²) < 4.78 is 10.6. The molecule has 0 saturated heterocycles. The molecular weight excluding hydrogens is 368 g/mol. The highest BCUT2D eigenvalue weighted by atomic mass is 32.1. The average molecular weight is 390 g/mol. The topological polar surface area (TPSA) is 89.0 Å². The molecule has 0 spiro atoms. The van der Waals surface area contributed by atoms with Gasteiger partial charge in [0, 0.05) is 17.0 Å². The lowest BCUT2D eigenvalue weighted by atomic mass is 10.2. The first kappa shape index (κ1) is 19.2. The molecule has 1 unspecified atom stereocenters. The van der Waals surface area contributed by atoms with Crippen molar-refractivity contribution in [2.45, 2.75) is 38.3 Å². The fourth-order valence-corrected chi connectivity index (χ4v) is 3.76. The molecule has 7 nitrogen and oxygen atoms in total. The van der Waals surface area contributed by atoms with Gasteiger partial charge < -0.3 is 19.5 Å². The molecule has 0 aliphatic heterocycles. The number of carboxylic acids is 1.